The van der Waals surface area contributed by atoms with Gasteiger partial charge in [0.15, 0.2) is 5.96 Å². The first kappa shape index (κ1) is 8.83. The molecule has 0 aromatic rings. The van der Waals surface area contributed by atoms with Gasteiger partial charge >= 0.3 is 0 Å². The summed E-state index contributed by atoms with van der Waals surface area (Å²) >= 11 is 0. The molecule has 0 radical (unpaired) electrons. The van der Waals surface area contributed by atoms with Gasteiger partial charge in [-0.15, -0.1) is 0 Å². The van der Waals surface area contributed by atoms with E-state index in [1.807, 2.05) is 0 Å². The Kier molecular flexibility index (Phi) is 2.90. The van der Waals surface area contributed by atoms with Crippen molar-refractivity contribution in [2.45, 2.75) is 12.8 Å². The molecular formula is C7H14N4O. The molecule has 0 aromatic carbocycles. The molecule has 5 nitrogen and oxygen atoms in total. The maximum atomic E-state index is 11.0. The normalized spacial score (nSPS) is 15.3. The van der Waals surface area contributed by atoms with E-state index < -0.39 is 0 Å². The summed E-state index contributed by atoms with van der Waals surface area (Å²) in [6.45, 7) is 0.980. The minimum Gasteiger partial charge on any atom is -0.370 e. The lowest BCUT2D eigenvalue weighted by Crippen LogP contribution is -2.29. The van der Waals surface area contributed by atoms with Crippen molar-refractivity contribution in [1.29, 1.82) is 0 Å². The van der Waals surface area contributed by atoms with Gasteiger partial charge in [0.05, 0.1) is 6.54 Å². The van der Waals surface area contributed by atoms with Gasteiger partial charge in [0.25, 0.3) is 0 Å². The molecule has 1 rings (SSSR count). The summed E-state index contributed by atoms with van der Waals surface area (Å²) in [7, 11) is 0. The number of hydrogen-bond donors (Lipinski definition) is 3. The van der Waals surface area contributed by atoms with Crippen LogP contribution in [-0.4, -0.2) is 25.0 Å². The van der Waals surface area contributed by atoms with Crippen LogP contribution in [0.15, 0.2) is 4.99 Å². The largest absolute Gasteiger partial charge is 0.370 e. The van der Waals surface area contributed by atoms with Gasteiger partial charge in [0.2, 0.25) is 5.91 Å². The van der Waals surface area contributed by atoms with Gasteiger partial charge in [-0.3, -0.25) is 9.79 Å². The summed E-state index contributed by atoms with van der Waals surface area (Å²) in [6, 6.07) is 0. The lowest BCUT2D eigenvalue weighted by Gasteiger charge is -2.00. The Balaban J connectivity index is 2.01. The van der Waals surface area contributed by atoms with Crippen molar-refractivity contribution in [2.24, 2.45) is 22.4 Å². The molecule has 0 bridgehead atoms. The molecular weight excluding hydrogens is 156 g/mol. The minimum absolute atomic E-state index is 0.0654. The number of carbonyl (C=O) groups is 1. The first-order valence-electron chi connectivity index (χ1n) is 4.03. The number of amides is 1. The third-order valence-electron chi connectivity index (χ3n) is 1.65. The Morgan fingerprint density at radius 3 is 2.67 bits per heavy atom. The quantitative estimate of drug-likeness (QED) is 0.280. The van der Waals surface area contributed by atoms with Crippen molar-refractivity contribution in [3.63, 3.8) is 0 Å². The number of nitrogens with one attached hydrogen (secondary N) is 1. The average Bonchev–Trinajstić information content (AvgIpc) is 2.79. The van der Waals surface area contributed by atoms with Crippen molar-refractivity contribution >= 4 is 11.9 Å². The Hall–Kier alpha value is -1.26. The lowest BCUT2D eigenvalue weighted by molar-refractivity contribution is -0.122. The summed E-state index contributed by atoms with van der Waals surface area (Å²) in [5.74, 6) is 0.445. The summed E-state index contributed by atoms with van der Waals surface area (Å²) in [5, 5.41) is 2.74. The highest BCUT2D eigenvalue weighted by molar-refractivity contribution is 5.80. The van der Waals surface area contributed by atoms with E-state index in [2.05, 4.69) is 10.3 Å². The van der Waals surface area contributed by atoms with Crippen LogP contribution in [0, 0.1) is 5.92 Å². The average molecular weight is 170 g/mol. The van der Waals surface area contributed by atoms with Gasteiger partial charge < -0.3 is 16.8 Å². The van der Waals surface area contributed by atoms with Crippen molar-refractivity contribution in [1.82, 2.24) is 5.32 Å². The summed E-state index contributed by atoms with van der Waals surface area (Å²) in [4.78, 5) is 14.8. The Morgan fingerprint density at radius 1 is 1.50 bits per heavy atom. The number of nitrogens with zero attached hydrogens (tertiary/aromatic N) is 1. The highest BCUT2D eigenvalue weighted by atomic mass is 16.2. The topological polar surface area (TPSA) is 93.5 Å². The van der Waals surface area contributed by atoms with Gasteiger partial charge in [-0.2, -0.15) is 0 Å². The molecule has 68 valence electrons. The number of rotatable bonds is 4. The van der Waals surface area contributed by atoms with Gasteiger partial charge in [-0.05, 0) is 12.8 Å². The fourth-order valence-corrected chi connectivity index (χ4v) is 0.854. The molecule has 0 unspecified atom stereocenters. The molecule has 1 fully saturated rings. The van der Waals surface area contributed by atoms with Crippen LogP contribution in [-0.2, 0) is 4.79 Å². The van der Waals surface area contributed by atoms with Crippen molar-refractivity contribution in [3.8, 4) is 0 Å². The van der Waals surface area contributed by atoms with Crippen molar-refractivity contribution < 1.29 is 4.79 Å². The van der Waals surface area contributed by atoms with E-state index in [9.17, 15) is 4.79 Å². The number of aliphatic imine (C=N–C) groups is 1. The van der Waals surface area contributed by atoms with Crippen LogP contribution < -0.4 is 16.8 Å². The second kappa shape index (κ2) is 3.94. The van der Waals surface area contributed by atoms with E-state index in [4.69, 9.17) is 11.5 Å². The van der Waals surface area contributed by atoms with Gasteiger partial charge in [-0.1, -0.05) is 0 Å². The molecule has 0 aromatic heterocycles. The molecule has 0 atom stereocenters. The molecule has 12 heavy (non-hydrogen) atoms. The van der Waals surface area contributed by atoms with Crippen LogP contribution in [0.25, 0.3) is 0 Å². The summed E-state index contributed by atoms with van der Waals surface area (Å²) in [6.07, 6.45) is 2.04. The van der Waals surface area contributed by atoms with Crippen molar-refractivity contribution in [3.05, 3.63) is 0 Å². The first-order chi connectivity index (χ1) is 5.70. The summed E-state index contributed by atoms with van der Waals surface area (Å²) in [5.41, 5.74) is 10.2. The molecule has 1 saturated carbocycles. The van der Waals surface area contributed by atoms with Gasteiger partial charge in [-0.25, -0.2) is 0 Å². The fourth-order valence-electron chi connectivity index (χ4n) is 0.854. The van der Waals surface area contributed by atoms with Crippen LogP contribution in [0.5, 0.6) is 0 Å². The van der Waals surface area contributed by atoms with Crippen LogP contribution in [0.4, 0.5) is 0 Å². The van der Waals surface area contributed by atoms with Gasteiger partial charge in [0.1, 0.15) is 0 Å². The highest BCUT2D eigenvalue weighted by Crippen LogP contribution is 2.28. The van der Waals surface area contributed by atoms with E-state index >= 15 is 0 Å². The van der Waals surface area contributed by atoms with Crippen LogP contribution in [0.3, 0.4) is 0 Å². The number of guanidine groups is 1. The monoisotopic (exact) mass is 170 g/mol. The molecule has 5 heteroatoms. The zero-order valence-corrected chi connectivity index (χ0v) is 6.92. The highest BCUT2D eigenvalue weighted by Gasteiger charge is 2.28. The Bertz CT molecular complexity index is 194. The number of nitrogens with two attached hydrogens (primary N) is 2. The summed E-state index contributed by atoms with van der Waals surface area (Å²) < 4.78 is 0. The lowest BCUT2D eigenvalue weighted by atomic mass is 10.4. The van der Waals surface area contributed by atoms with E-state index in [0.29, 0.717) is 13.1 Å². The molecule has 1 amide bonds. The third kappa shape index (κ3) is 3.23. The fraction of sp³-hybridized carbons (Fsp3) is 0.714. The first-order valence-corrected chi connectivity index (χ1v) is 4.03. The molecule has 5 N–H and O–H groups in total. The zero-order chi connectivity index (χ0) is 8.97. The second-order valence-corrected chi connectivity index (χ2v) is 2.87. The zero-order valence-electron chi connectivity index (χ0n) is 6.92. The molecule has 0 heterocycles. The van der Waals surface area contributed by atoms with Crippen LogP contribution >= 0.6 is 0 Å². The van der Waals surface area contributed by atoms with E-state index in [-0.39, 0.29) is 17.8 Å². The molecule has 1 aliphatic carbocycles. The standard InChI is InChI=1S/C7H14N4O/c8-7(9)11-4-3-10-6(12)5-1-2-5/h5H,1-4H2,(H,10,12)(H4,8,9,11). The van der Waals surface area contributed by atoms with Crippen LogP contribution in [0.1, 0.15) is 12.8 Å². The van der Waals surface area contributed by atoms with Crippen LogP contribution in [0.2, 0.25) is 0 Å². The number of hydrogen-bond acceptors (Lipinski definition) is 2. The smallest absolute Gasteiger partial charge is 0.223 e. The SMILES string of the molecule is NC(N)=NCCNC(=O)C1CC1. The minimum atomic E-state index is 0.0654. The third-order valence-corrected chi connectivity index (χ3v) is 1.65. The molecule has 0 spiro atoms. The number of carbonyl (C=O) groups excluding carboxylic acids is 1. The Labute approximate surface area is 71.2 Å². The van der Waals surface area contributed by atoms with Crippen molar-refractivity contribution in [2.75, 3.05) is 13.1 Å². The van der Waals surface area contributed by atoms with E-state index in [1.165, 1.54) is 0 Å². The predicted molar refractivity (Wildman–Crippen MR) is 46.4 cm³/mol. The predicted octanol–water partition coefficient (Wildman–Crippen LogP) is -1.21. The molecule has 0 saturated heterocycles. The molecule has 0 aliphatic heterocycles. The maximum Gasteiger partial charge on any atom is 0.223 e. The Morgan fingerprint density at radius 2 is 2.17 bits per heavy atom. The van der Waals surface area contributed by atoms with E-state index in [0.717, 1.165) is 12.8 Å². The second-order valence-electron chi connectivity index (χ2n) is 2.87. The van der Waals surface area contributed by atoms with Gasteiger partial charge in [0, 0.05) is 12.5 Å². The van der Waals surface area contributed by atoms with E-state index in [1.54, 1.807) is 0 Å². The molecule has 1 aliphatic rings. The maximum absolute atomic E-state index is 11.0.